The van der Waals surface area contributed by atoms with Crippen LogP contribution in [-0.2, 0) is 0 Å². The highest BCUT2D eigenvalue weighted by Crippen LogP contribution is 2.36. The summed E-state index contributed by atoms with van der Waals surface area (Å²) < 4.78 is 1.79. The van der Waals surface area contributed by atoms with E-state index >= 15 is 0 Å². The maximum Gasteiger partial charge on any atom is 0.341 e. The van der Waals surface area contributed by atoms with Crippen LogP contribution < -0.4 is 10.3 Å². The van der Waals surface area contributed by atoms with Crippen LogP contribution in [0, 0.1) is 0 Å². The van der Waals surface area contributed by atoms with Crippen LogP contribution in [0.4, 0.5) is 5.69 Å². The van der Waals surface area contributed by atoms with E-state index < -0.39 is 11.4 Å². The van der Waals surface area contributed by atoms with Crippen molar-refractivity contribution in [1.29, 1.82) is 0 Å². The molecule has 26 heavy (non-hydrogen) atoms. The summed E-state index contributed by atoms with van der Waals surface area (Å²) >= 11 is 0. The van der Waals surface area contributed by atoms with Crippen molar-refractivity contribution >= 4 is 28.3 Å². The molecular formula is C19H21N3O4. The van der Waals surface area contributed by atoms with Gasteiger partial charge in [-0.05, 0) is 26.1 Å². The number of likely N-dealkylation sites (N-methyl/N-ethyl adjacent to an activating group) is 1. The first-order valence-electron chi connectivity index (χ1n) is 8.80. The fourth-order valence-corrected chi connectivity index (χ4v) is 3.99. The lowest BCUT2D eigenvalue weighted by molar-refractivity contribution is 0.0694. The minimum atomic E-state index is -1.24. The molecule has 1 atom stereocenters. The molecule has 7 nitrogen and oxygen atoms in total. The lowest BCUT2D eigenvalue weighted by Crippen LogP contribution is -2.45. The molecule has 2 aliphatic heterocycles. The second-order valence-electron chi connectivity index (χ2n) is 7.21. The van der Waals surface area contributed by atoms with Crippen LogP contribution in [0.1, 0.15) is 40.1 Å². The quantitative estimate of drug-likeness (QED) is 0.881. The van der Waals surface area contributed by atoms with Crippen molar-refractivity contribution in [1.82, 2.24) is 9.47 Å². The van der Waals surface area contributed by atoms with E-state index in [-0.39, 0.29) is 17.4 Å². The number of anilines is 1. The van der Waals surface area contributed by atoms with Crippen LogP contribution in [0.3, 0.4) is 0 Å². The van der Waals surface area contributed by atoms with Gasteiger partial charge in [0.25, 0.3) is 0 Å². The number of carboxylic acids is 1. The van der Waals surface area contributed by atoms with Crippen LogP contribution in [0.2, 0.25) is 0 Å². The lowest BCUT2D eigenvalue weighted by atomic mass is 9.92. The van der Waals surface area contributed by atoms with Crippen LogP contribution in [0.25, 0.3) is 10.9 Å². The van der Waals surface area contributed by atoms with Gasteiger partial charge in [0.2, 0.25) is 5.43 Å². The number of pyridine rings is 1. The van der Waals surface area contributed by atoms with E-state index in [0.717, 1.165) is 31.9 Å². The van der Waals surface area contributed by atoms with Gasteiger partial charge in [-0.1, -0.05) is 0 Å². The van der Waals surface area contributed by atoms with Crippen molar-refractivity contribution in [3.05, 3.63) is 39.7 Å². The number of aromatic carboxylic acids is 1. The third kappa shape index (κ3) is 2.42. The SMILES string of the molecule is CC1CC(=O)c2c(N3CCN(C)CC3)ccc3c(=O)c(C(=O)O)cn1c23. The van der Waals surface area contributed by atoms with Gasteiger partial charge >= 0.3 is 5.97 Å². The van der Waals surface area contributed by atoms with Gasteiger partial charge in [0.05, 0.1) is 11.1 Å². The van der Waals surface area contributed by atoms with Crippen molar-refractivity contribution in [2.24, 2.45) is 0 Å². The van der Waals surface area contributed by atoms with Gasteiger partial charge in [-0.3, -0.25) is 9.59 Å². The molecule has 0 aliphatic carbocycles. The van der Waals surface area contributed by atoms with E-state index in [1.54, 1.807) is 16.7 Å². The second-order valence-corrected chi connectivity index (χ2v) is 7.21. The Labute approximate surface area is 150 Å². The van der Waals surface area contributed by atoms with E-state index in [2.05, 4.69) is 16.8 Å². The molecule has 0 amide bonds. The van der Waals surface area contributed by atoms with Crippen molar-refractivity contribution in [3.8, 4) is 0 Å². The number of rotatable bonds is 2. The summed E-state index contributed by atoms with van der Waals surface area (Å²) in [5.74, 6) is -1.23. The molecule has 1 saturated heterocycles. The molecule has 4 rings (SSSR count). The highest BCUT2D eigenvalue weighted by atomic mass is 16.4. The first-order valence-corrected chi connectivity index (χ1v) is 8.80. The number of hydrogen-bond donors (Lipinski definition) is 1. The summed E-state index contributed by atoms with van der Waals surface area (Å²) in [4.78, 5) is 41.4. The number of ketones is 1. The summed E-state index contributed by atoms with van der Waals surface area (Å²) in [7, 11) is 2.07. The van der Waals surface area contributed by atoms with Gasteiger partial charge in [0.15, 0.2) is 5.78 Å². The third-order valence-electron chi connectivity index (χ3n) is 5.48. The molecule has 2 aromatic rings. The average molecular weight is 355 g/mol. The summed E-state index contributed by atoms with van der Waals surface area (Å²) in [6.07, 6.45) is 1.69. The Bertz CT molecular complexity index is 986. The second kappa shape index (κ2) is 5.95. The maximum absolute atomic E-state index is 12.9. The number of nitrogens with zero attached hydrogens (tertiary/aromatic N) is 3. The highest BCUT2D eigenvalue weighted by Gasteiger charge is 2.31. The highest BCUT2D eigenvalue weighted by molar-refractivity contribution is 6.13. The Morgan fingerprint density at radius 3 is 2.50 bits per heavy atom. The number of aromatic nitrogens is 1. The fraction of sp³-hybridized carbons (Fsp3) is 0.421. The zero-order valence-electron chi connectivity index (χ0n) is 14.9. The zero-order valence-corrected chi connectivity index (χ0v) is 14.9. The molecule has 1 fully saturated rings. The first kappa shape index (κ1) is 16.8. The molecule has 0 saturated carbocycles. The topological polar surface area (TPSA) is 82.8 Å². The predicted molar refractivity (Wildman–Crippen MR) is 98.5 cm³/mol. The molecule has 1 unspecified atom stereocenters. The smallest absolute Gasteiger partial charge is 0.341 e. The molecular weight excluding hydrogens is 334 g/mol. The fourth-order valence-electron chi connectivity index (χ4n) is 3.99. The van der Waals surface area contributed by atoms with Gasteiger partial charge in [-0.25, -0.2) is 4.79 Å². The zero-order chi connectivity index (χ0) is 18.6. The van der Waals surface area contributed by atoms with Crippen molar-refractivity contribution in [2.45, 2.75) is 19.4 Å². The standard InChI is InChI=1S/C19H21N3O4/c1-11-9-15(23)16-14(21-7-5-20(2)6-8-21)4-3-12-17(16)22(11)10-13(18(12)24)19(25)26/h3-4,10-11H,5-9H2,1-2H3,(H,25,26). The number of benzene rings is 1. The Balaban J connectivity index is 2.00. The molecule has 2 aliphatic rings. The molecule has 1 aromatic heterocycles. The Kier molecular flexibility index (Phi) is 3.84. The largest absolute Gasteiger partial charge is 0.477 e. The van der Waals surface area contributed by atoms with Crippen molar-refractivity contribution < 1.29 is 14.7 Å². The molecule has 7 heteroatoms. The minimum Gasteiger partial charge on any atom is -0.477 e. The summed E-state index contributed by atoms with van der Waals surface area (Å²) in [5, 5.41) is 9.66. The molecule has 0 radical (unpaired) electrons. The minimum absolute atomic E-state index is 0.0134. The summed E-state index contributed by atoms with van der Waals surface area (Å²) in [6.45, 7) is 5.32. The first-order chi connectivity index (χ1) is 12.4. The van der Waals surface area contributed by atoms with Gasteiger partial charge < -0.3 is 19.5 Å². The van der Waals surface area contributed by atoms with Crippen LogP contribution in [0.5, 0.6) is 0 Å². The van der Waals surface area contributed by atoms with Gasteiger partial charge in [-0.2, -0.15) is 0 Å². The number of carbonyl (C=O) groups excluding carboxylic acids is 1. The Hall–Kier alpha value is -2.67. The molecule has 1 N–H and O–H groups in total. The number of piperazine rings is 1. The van der Waals surface area contributed by atoms with Gasteiger partial charge in [0.1, 0.15) is 5.56 Å². The summed E-state index contributed by atoms with van der Waals surface area (Å²) in [5.41, 5.74) is 1.19. The van der Waals surface area contributed by atoms with E-state index in [1.807, 2.05) is 6.92 Å². The number of hydrogen-bond acceptors (Lipinski definition) is 5. The Morgan fingerprint density at radius 1 is 1.15 bits per heavy atom. The van der Waals surface area contributed by atoms with Crippen LogP contribution in [0.15, 0.2) is 23.1 Å². The van der Waals surface area contributed by atoms with Crippen molar-refractivity contribution in [3.63, 3.8) is 0 Å². The average Bonchev–Trinajstić information content (AvgIpc) is 2.60. The molecule has 3 heterocycles. The Morgan fingerprint density at radius 2 is 1.85 bits per heavy atom. The van der Waals surface area contributed by atoms with E-state index in [4.69, 9.17) is 0 Å². The number of Topliss-reactive ketones (excluding diaryl/α,β-unsaturated/α-hetero) is 1. The molecule has 0 bridgehead atoms. The molecule has 1 aromatic carbocycles. The van der Waals surface area contributed by atoms with Crippen LogP contribution >= 0.6 is 0 Å². The number of carboxylic acid groups (broad SMARTS) is 1. The van der Waals surface area contributed by atoms with Crippen LogP contribution in [-0.4, -0.2) is 59.6 Å². The van der Waals surface area contributed by atoms with E-state index in [1.165, 1.54) is 6.20 Å². The molecule has 136 valence electrons. The third-order valence-corrected chi connectivity index (χ3v) is 5.48. The van der Waals surface area contributed by atoms with E-state index in [9.17, 15) is 19.5 Å². The van der Waals surface area contributed by atoms with Crippen molar-refractivity contribution in [2.75, 3.05) is 38.1 Å². The maximum atomic E-state index is 12.9. The predicted octanol–water partition coefficient (Wildman–Crippen LogP) is 1.60. The van der Waals surface area contributed by atoms with Gasteiger partial charge in [-0.15, -0.1) is 0 Å². The molecule has 0 spiro atoms. The lowest BCUT2D eigenvalue weighted by Gasteiger charge is -2.36. The number of carbonyl (C=O) groups is 2. The summed E-state index contributed by atoms with van der Waals surface area (Å²) in [6, 6.07) is 3.29. The van der Waals surface area contributed by atoms with E-state index in [0.29, 0.717) is 22.9 Å². The monoisotopic (exact) mass is 355 g/mol. The normalized spacial score (nSPS) is 20.6. The van der Waals surface area contributed by atoms with Gasteiger partial charge in [0, 0.05) is 55.9 Å².